The van der Waals surface area contributed by atoms with Crippen LogP contribution in [-0.4, -0.2) is 116 Å². The molecule has 45 heavy (non-hydrogen) atoms. The molecule has 0 aromatic heterocycles. The Hall–Kier alpha value is -1.95. The highest BCUT2D eigenvalue weighted by Crippen LogP contribution is 2.15. The number of unbranched alkanes of at least 4 members (excludes halogenated alkanes) is 6. The lowest BCUT2D eigenvalue weighted by Gasteiger charge is -2.24. The first-order valence-electron chi connectivity index (χ1n) is 16.9. The van der Waals surface area contributed by atoms with Gasteiger partial charge in [-0.1, -0.05) is 57.6 Å². The Morgan fingerprint density at radius 3 is 1.49 bits per heavy atom. The van der Waals surface area contributed by atoms with Gasteiger partial charge in [-0.3, -0.25) is 0 Å². The van der Waals surface area contributed by atoms with E-state index < -0.39 is 5.60 Å². The third kappa shape index (κ3) is 26.9. The Balaban J connectivity index is 1.78. The fraction of sp³-hybridized carbons (Fsp3) is 0.800. The van der Waals surface area contributed by atoms with Gasteiger partial charge in [0.1, 0.15) is 18.0 Å². The minimum atomic E-state index is -0.504. The molecular weight excluding hydrogens is 578 g/mol. The number of rotatable bonds is 30. The van der Waals surface area contributed by atoms with E-state index in [1.165, 1.54) is 55.4 Å². The maximum absolute atomic E-state index is 11.9. The molecule has 1 rings (SSSR count). The molecule has 0 spiro atoms. The molecule has 0 saturated carbocycles. The van der Waals surface area contributed by atoms with E-state index >= 15 is 0 Å². The minimum Gasteiger partial charge on any atom is -0.491 e. The van der Waals surface area contributed by atoms with Gasteiger partial charge in [-0.2, -0.15) is 0 Å². The first-order valence-corrected chi connectivity index (χ1v) is 16.9. The lowest BCUT2D eigenvalue weighted by molar-refractivity contribution is -0.0188. The summed E-state index contributed by atoms with van der Waals surface area (Å²) in [6.45, 7) is 14.7. The molecule has 0 aliphatic carbocycles. The van der Waals surface area contributed by atoms with Gasteiger partial charge in [0.25, 0.3) is 0 Å². The zero-order valence-corrected chi connectivity index (χ0v) is 29.0. The van der Waals surface area contributed by atoms with E-state index in [1.807, 2.05) is 20.8 Å². The van der Waals surface area contributed by atoms with E-state index in [1.54, 1.807) is 7.05 Å². The van der Waals surface area contributed by atoms with Crippen molar-refractivity contribution in [3.63, 3.8) is 0 Å². The number of carbonyl (C=O) groups excluding carboxylic acids is 1. The summed E-state index contributed by atoms with van der Waals surface area (Å²) < 4.78 is 44.1. The summed E-state index contributed by atoms with van der Waals surface area (Å²) in [7, 11) is 1.69. The number of aryl methyl sites for hydroxylation is 1. The average Bonchev–Trinajstić information content (AvgIpc) is 3.01. The van der Waals surface area contributed by atoms with Crippen LogP contribution < -0.4 is 4.74 Å². The molecule has 262 valence electrons. The largest absolute Gasteiger partial charge is 0.491 e. The molecule has 1 amide bonds. The van der Waals surface area contributed by atoms with Crippen molar-refractivity contribution in [1.82, 2.24) is 4.90 Å². The Kier molecular flexibility index (Phi) is 25.8. The molecule has 10 heteroatoms. The predicted molar refractivity (Wildman–Crippen MR) is 177 cm³/mol. The van der Waals surface area contributed by atoms with Crippen LogP contribution in [0.3, 0.4) is 0 Å². The van der Waals surface area contributed by atoms with Crippen molar-refractivity contribution in [3.05, 3.63) is 29.8 Å². The summed E-state index contributed by atoms with van der Waals surface area (Å²) in [5, 5.41) is 0. The van der Waals surface area contributed by atoms with Crippen LogP contribution in [0.15, 0.2) is 24.3 Å². The van der Waals surface area contributed by atoms with E-state index in [-0.39, 0.29) is 6.09 Å². The van der Waals surface area contributed by atoms with Crippen LogP contribution in [0.4, 0.5) is 4.79 Å². The Morgan fingerprint density at radius 2 is 1.02 bits per heavy atom. The summed E-state index contributed by atoms with van der Waals surface area (Å²) in [6.07, 6.45) is 10.2. The van der Waals surface area contributed by atoms with Gasteiger partial charge in [-0.15, -0.1) is 0 Å². The molecule has 0 radical (unpaired) electrons. The van der Waals surface area contributed by atoms with Crippen molar-refractivity contribution in [2.45, 2.75) is 84.7 Å². The Labute approximate surface area is 273 Å². The highest BCUT2D eigenvalue weighted by atomic mass is 16.6. The van der Waals surface area contributed by atoms with Crippen LogP contribution in [0.5, 0.6) is 5.75 Å². The second kappa shape index (κ2) is 28.3. The second-order valence-electron chi connectivity index (χ2n) is 11.9. The molecule has 0 aliphatic heterocycles. The Morgan fingerprint density at radius 1 is 0.600 bits per heavy atom. The fourth-order valence-electron chi connectivity index (χ4n) is 4.09. The molecule has 0 fully saturated rings. The maximum atomic E-state index is 11.9. The van der Waals surface area contributed by atoms with Crippen LogP contribution in [0.25, 0.3) is 0 Å². The summed E-state index contributed by atoms with van der Waals surface area (Å²) in [5.41, 5.74) is 0.875. The lowest BCUT2D eigenvalue weighted by atomic mass is 10.0. The van der Waals surface area contributed by atoms with Crippen molar-refractivity contribution >= 4 is 6.09 Å². The third-order valence-electron chi connectivity index (χ3n) is 6.63. The minimum absolute atomic E-state index is 0.357. The van der Waals surface area contributed by atoms with Gasteiger partial charge in [-0.25, -0.2) is 4.79 Å². The van der Waals surface area contributed by atoms with E-state index in [0.717, 1.165) is 12.2 Å². The summed E-state index contributed by atoms with van der Waals surface area (Å²) in [4.78, 5) is 13.4. The van der Waals surface area contributed by atoms with Gasteiger partial charge in [0.2, 0.25) is 0 Å². The standard InChI is InChI=1S/C35H63NO9/c1-6-7-8-9-10-11-12-13-32-14-16-33(17-15-32)44-31-30-43-29-28-42-27-26-41-25-24-40-23-22-39-21-20-38-19-18-36(5)34(37)45-35(2,3)4/h14-17H,6-13,18-31H2,1-5H3. The number of amides is 1. The average molecular weight is 642 g/mol. The fourth-order valence-corrected chi connectivity index (χ4v) is 4.09. The van der Waals surface area contributed by atoms with Crippen molar-refractivity contribution < 1.29 is 42.7 Å². The van der Waals surface area contributed by atoms with Crippen LogP contribution in [0.2, 0.25) is 0 Å². The van der Waals surface area contributed by atoms with Crippen LogP contribution in [0, 0.1) is 0 Å². The number of hydrogen-bond donors (Lipinski definition) is 0. The van der Waals surface area contributed by atoms with Crippen molar-refractivity contribution in [2.24, 2.45) is 0 Å². The van der Waals surface area contributed by atoms with Crippen LogP contribution in [0.1, 0.15) is 78.2 Å². The number of hydrogen-bond acceptors (Lipinski definition) is 9. The third-order valence-corrected chi connectivity index (χ3v) is 6.63. The van der Waals surface area contributed by atoms with Crippen molar-refractivity contribution in [3.8, 4) is 5.75 Å². The molecule has 10 nitrogen and oxygen atoms in total. The van der Waals surface area contributed by atoms with Crippen molar-refractivity contribution in [1.29, 1.82) is 0 Å². The number of carbonyl (C=O) groups is 1. The summed E-state index contributed by atoms with van der Waals surface area (Å²) in [6, 6.07) is 8.44. The van der Waals surface area contributed by atoms with Gasteiger partial charge in [0, 0.05) is 13.6 Å². The highest BCUT2D eigenvalue weighted by molar-refractivity contribution is 5.67. The van der Waals surface area contributed by atoms with Gasteiger partial charge >= 0.3 is 6.09 Å². The number of nitrogens with zero attached hydrogens (tertiary/aromatic N) is 1. The monoisotopic (exact) mass is 641 g/mol. The Bertz CT molecular complexity index is 801. The zero-order valence-electron chi connectivity index (χ0n) is 29.0. The molecule has 0 unspecified atom stereocenters. The van der Waals surface area contributed by atoms with E-state index in [2.05, 4.69) is 31.2 Å². The topological polar surface area (TPSA) is 94.2 Å². The van der Waals surface area contributed by atoms with Crippen molar-refractivity contribution in [2.75, 3.05) is 99.5 Å². The molecule has 0 N–H and O–H groups in total. The van der Waals surface area contributed by atoms with Gasteiger partial charge in [-0.05, 0) is 51.3 Å². The summed E-state index contributed by atoms with van der Waals surface area (Å²) in [5.74, 6) is 0.884. The zero-order chi connectivity index (χ0) is 32.9. The van der Waals surface area contributed by atoms with E-state index in [9.17, 15) is 4.79 Å². The molecule has 0 bridgehead atoms. The van der Waals surface area contributed by atoms with E-state index in [0.29, 0.717) is 92.4 Å². The molecule has 0 saturated heterocycles. The SMILES string of the molecule is CCCCCCCCCc1ccc(OCCOCCOCCOCCOCCOCCOCCN(C)C(=O)OC(C)(C)C)cc1. The van der Waals surface area contributed by atoms with Gasteiger partial charge in [0.05, 0.1) is 79.3 Å². The number of likely N-dealkylation sites (N-methyl/N-ethyl adjacent to an activating group) is 1. The molecule has 0 aliphatic rings. The van der Waals surface area contributed by atoms with Crippen LogP contribution >= 0.6 is 0 Å². The van der Waals surface area contributed by atoms with E-state index in [4.69, 9.17) is 37.9 Å². The molecule has 0 atom stereocenters. The molecule has 1 aromatic rings. The molecule has 0 heterocycles. The molecular formula is C35H63NO9. The smallest absolute Gasteiger partial charge is 0.410 e. The summed E-state index contributed by atoms with van der Waals surface area (Å²) >= 11 is 0. The van der Waals surface area contributed by atoms with Crippen LogP contribution in [-0.2, 0) is 39.6 Å². The maximum Gasteiger partial charge on any atom is 0.410 e. The second-order valence-corrected chi connectivity index (χ2v) is 11.9. The quantitative estimate of drug-likeness (QED) is 0.0894. The van der Waals surface area contributed by atoms with Gasteiger partial charge in [0.15, 0.2) is 0 Å². The predicted octanol–water partition coefficient (Wildman–Crippen LogP) is 6.33. The lowest BCUT2D eigenvalue weighted by Crippen LogP contribution is -2.36. The molecule has 1 aromatic carbocycles. The van der Waals surface area contributed by atoms with Gasteiger partial charge < -0.3 is 42.8 Å². The first-order chi connectivity index (χ1) is 21.8. The first kappa shape index (κ1) is 41.1. The highest BCUT2D eigenvalue weighted by Gasteiger charge is 2.19. The normalized spacial score (nSPS) is 11.6. The number of benzene rings is 1. The number of ether oxygens (including phenoxy) is 8.